The van der Waals surface area contributed by atoms with Gasteiger partial charge in [-0.2, -0.15) is 0 Å². The third kappa shape index (κ3) is 2.08. The van der Waals surface area contributed by atoms with Crippen LogP contribution in [-0.2, 0) is 14.4 Å². The number of hydrogen-bond acceptors (Lipinski definition) is 3. The molecule has 0 bridgehead atoms. The van der Waals surface area contributed by atoms with Gasteiger partial charge in [-0.15, -0.1) is 0 Å². The highest BCUT2D eigenvalue weighted by molar-refractivity contribution is 6.08. The number of carbonyl (C=O) groups excluding carboxylic acids is 3. The molecule has 3 heteroatoms. The smallest absolute Gasteiger partial charge is 0.146 e. The van der Waals surface area contributed by atoms with E-state index in [1.54, 1.807) is 6.92 Å². The van der Waals surface area contributed by atoms with Crippen LogP contribution in [0.5, 0.6) is 0 Å². The van der Waals surface area contributed by atoms with Gasteiger partial charge in [-0.1, -0.05) is 0 Å². The number of Topliss-reactive ketones (excluding diaryl/α,β-unsaturated/α-hetero) is 3. The molecule has 0 aromatic carbocycles. The Bertz CT molecular complexity index is 262. The van der Waals surface area contributed by atoms with Gasteiger partial charge in [-0.05, 0) is 26.7 Å². The monoisotopic (exact) mass is 196 g/mol. The molecule has 14 heavy (non-hydrogen) atoms. The highest BCUT2D eigenvalue weighted by Gasteiger charge is 2.41. The van der Waals surface area contributed by atoms with Crippen molar-refractivity contribution in [1.29, 1.82) is 0 Å². The fraction of sp³-hybridized carbons (Fsp3) is 0.727. The van der Waals surface area contributed by atoms with Gasteiger partial charge in [0.15, 0.2) is 0 Å². The molecule has 0 atom stereocenters. The van der Waals surface area contributed by atoms with E-state index in [1.807, 2.05) is 0 Å². The minimum absolute atomic E-state index is 0.00926. The largest absolute Gasteiger partial charge is 0.300 e. The maximum atomic E-state index is 11.6. The lowest BCUT2D eigenvalue weighted by Crippen LogP contribution is -2.40. The summed E-state index contributed by atoms with van der Waals surface area (Å²) in [5, 5.41) is 0. The molecule has 0 aliphatic heterocycles. The van der Waals surface area contributed by atoms with Crippen LogP contribution >= 0.6 is 0 Å². The molecule has 3 nitrogen and oxygen atoms in total. The van der Waals surface area contributed by atoms with Gasteiger partial charge < -0.3 is 4.79 Å². The summed E-state index contributed by atoms with van der Waals surface area (Å²) in [7, 11) is 0. The standard InChI is InChI=1S/C11H16O3/c1-8(12)6-7-11(2)9(13)4-3-5-10(11)14/h3-7H2,1-2H3/i12+0. The molecular formula is C11H16O3. The van der Waals surface area contributed by atoms with Gasteiger partial charge in [0.1, 0.15) is 17.3 Å². The van der Waals surface area contributed by atoms with Crippen molar-refractivity contribution in [3.63, 3.8) is 0 Å². The molecule has 1 fully saturated rings. The molecule has 0 aromatic rings. The Balaban J connectivity index is 2.72. The number of carbonyl (C=O) groups is 3. The SMILES string of the molecule is CC(=[16O])CCC1(C)C(=O)CCCC1=O. The van der Waals surface area contributed by atoms with Crippen molar-refractivity contribution in [3.05, 3.63) is 0 Å². The van der Waals surface area contributed by atoms with Crippen LogP contribution in [0.3, 0.4) is 0 Å². The summed E-state index contributed by atoms with van der Waals surface area (Å²) in [6, 6.07) is 0. The van der Waals surface area contributed by atoms with E-state index in [4.69, 9.17) is 0 Å². The molecule has 0 aromatic heterocycles. The molecule has 0 heterocycles. The lowest BCUT2D eigenvalue weighted by atomic mass is 9.70. The molecule has 0 N–H and O–H groups in total. The Morgan fingerprint density at radius 1 is 1.29 bits per heavy atom. The molecule has 0 unspecified atom stereocenters. The van der Waals surface area contributed by atoms with Crippen LogP contribution in [-0.4, -0.2) is 17.3 Å². The first-order valence-electron chi connectivity index (χ1n) is 5.03. The van der Waals surface area contributed by atoms with Crippen LogP contribution in [0.25, 0.3) is 0 Å². The molecule has 78 valence electrons. The lowest BCUT2D eigenvalue weighted by molar-refractivity contribution is -0.143. The summed E-state index contributed by atoms with van der Waals surface area (Å²) in [4.78, 5) is 34.0. The molecule has 0 amide bonds. The van der Waals surface area contributed by atoms with Gasteiger partial charge >= 0.3 is 0 Å². The van der Waals surface area contributed by atoms with Crippen molar-refractivity contribution >= 4 is 17.3 Å². The van der Waals surface area contributed by atoms with Crippen molar-refractivity contribution in [2.45, 2.75) is 46.0 Å². The van der Waals surface area contributed by atoms with Gasteiger partial charge in [0.25, 0.3) is 0 Å². The fourth-order valence-corrected chi connectivity index (χ4v) is 1.82. The van der Waals surface area contributed by atoms with E-state index < -0.39 is 5.41 Å². The van der Waals surface area contributed by atoms with Crippen molar-refractivity contribution < 1.29 is 14.4 Å². The normalized spacial score (nSPS) is 21.0. The molecule has 0 spiro atoms. The summed E-state index contributed by atoms with van der Waals surface area (Å²) in [6.07, 6.45) is 2.36. The second kappa shape index (κ2) is 4.03. The maximum Gasteiger partial charge on any atom is 0.146 e. The first kappa shape index (κ1) is 11.1. The summed E-state index contributed by atoms with van der Waals surface area (Å²) in [5.41, 5.74) is -0.871. The average Bonchev–Trinajstić information content (AvgIpc) is 2.11. The van der Waals surface area contributed by atoms with Gasteiger partial charge in [-0.25, -0.2) is 0 Å². The van der Waals surface area contributed by atoms with E-state index in [0.717, 1.165) is 0 Å². The Morgan fingerprint density at radius 3 is 2.21 bits per heavy atom. The highest BCUT2D eigenvalue weighted by Crippen LogP contribution is 2.33. The van der Waals surface area contributed by atoms with Gasteiger partial charge in [0.2, 0.25) is 0 Å². The van der Waals surface area contributed by atoms with E-state index in [-0.39, 0.29) is 17.3 Å². The molecular weight excluding hydrogens is 180 g/mol. The van der Waals surface area contributed by atoms with Gasteiger partial charge in [0.05, 0.1) is 5.41 Å². The first-order chi connectivity index (χ1) is 6.47. The van der Waals surface area contributed by atoms with E-state index >= 15 is 0 Å². The van der Waals surface area contributed by atoms with E-state index in [9.17, 15) is 14.4 Å². The predicted molar refractivity (Wildman–Crippen MR) is 51.9 cm³/mol. The van der Waals surface area contributed by atoms with Crippen LogP contribution in [0.15, 0.2) is 0 Å². The van der Waals surface area contributed by atoms with Crippen molar-refractivity contribution in [2.75, 3.05) is 0 Å². The minimum Gasteiger partial charge on any atom is -0.300 e. The van der Waals surface area contributed by atoms with Crippen LogP contribution in [0, 0.1) is 5.41 Å². The first-order valence-corrected chi connectivity index (χ1v) is 5.03. The fourth-order valence-electron chi connectivity index (χ4n) is 1.82. The molecule has 1 aliphatic carbocycles. The molecule has 1 saturated carbocycles. The Hall–Kier alpha value is -0.990. The predicted octanol–water partition coefficient (Wildman–Crippen LogP) is 1.68. The van der Waals surface area contributed by atoms with Crippen molar-refractivity contribution in [2.24, 2.45) is 5.41 Å². The average molecular weight is 196 g/mol. The maximum absolute atomic E-state index is 11.6. The van der Waals surface area contributed by atoms with Crippen molar-refractivity contribution in [3.8, 4) is 0 Å². The Morgan fingerprint density at radius 2 is 1.79 bits per heavy atom. The Labute approximate surface area is 83.9 Å². The van der Waals surface area contributed by atoms with Gasteiger partial charge in [0, 0.05) is 19.3 Å². The minimum atomic E-state index is -0.871. The third-order valence-corrected chi connectivity index (χ3v) is 3.02. The summed E-state index contributed by atoms with van der Waals surface area (Å²) in [5.74, 6) is 0.0578. The van der Waals surface area contributed by atoms with Crippen LogP contribution in [0.2, 0.25) is 0 Å². The third-order valence-electron chi connectivity index (χ3n) is 3.02. The lowest BCUT2D eigenvalue weighted by Gasteiger charge is -2.29. The molecule has 0 saturated heterocycles. The number of hydrogen-bond donors (Lipinski definition) is 0. The van der Waals surface area contributed by atoms with E-state index in [0.29, 0.717) is 32.1 Å². The second-order valence-corrected chi connectivity index (χ2v) is 4.23. The number of rotatable bonds is 3. The highest BCUT2D eigenvalue weighted by atomic mass is 16.2. The quantitative estimate of drug-likeness (QED) is 0.645. The number of ketones is 3. The summed E-state index contributed by atoms with van der Waals surface area (Å²) >= 11 is 0. The van der Waals surface area contributed by atoms with Crippen LogP contribution < -0.4 is 0 Å². The zero-order chi connectivity index (χ0) is 10.8. The molecule has 0 radical (unpaired) electrons. The topological polar surface area (TPSA) is 51.2 Å². The van der Waals surface area contributed by atoms with Crippen LogP contribution in [0.1, 0.15) is 46.0 Å². The van der Waals surface area contributed by atoms with E-state index in [2.05, 4.69) is 0 Å². The zero-order valence-corrected chi connectivity index (χ0v) is 8.76. The Kier molecular flexibility index (Phi) is 3.19. The van der Waals surface area contributed by atoms with Crippen LogP contribution in [0.4, 0.5) is 0 Å². The summed E-state index contributed by atoms with van der Waals surface area (Å²) < 4.78 is 0. The molecule has 1 aliphatic rings. The van der Waals surface area contributed by atoms with E-state index in [1.165, 1.54) is 6.92 Å². The van der Waals surface area contributed by atoms with Gasteiger partial charge in [-0.3, -0.25) is 9.59 Å². The van der Waals surface area contributed by atoms with Crippen molar-refractivity contribution in [1.82, 2.24) is 0 Å². The zero-order valence-electron chi connectivity index (χ0n) is 8.76. The molecule has 1 rings (SSSR count). The summed E-state index contributed by atoms with van der Waals surface area (Å²) in [6.45, 7) is 3.17. The second-order valence-electron chi connectivity index (χ2n) is 4.23.